The molecule has 0 saturated carbocycles. The molecule has 1 aromatic carbocycles. The summed E-state index contributed by atoms with van der Waals surface area (Å²) in [4.78, 5) is 25.4. The molecule has 0 radical (unpaired) electrons. The summed E-state index contributed by atoms with van der Waals surface area (Å²) in [5.41, 5.74) is -1.07. The Labute approximate surface area is 162 Å². The van der Waals surface area contributed by atoms with Gasteiger partial charge in [0.1, 0.15) is 17.7 Å². The van der Waals surface area contributed by atoms with Gasteiger partial charge in [0.25, 0.3) is 5.56 Å². The summed E-state index contributed by atoms with van der Waals surface area (Å²) in [6, 6.07) is 5.79. The van der Waals surface area contributed by atoms with Crippen LogP contribution in [0.4, 0.5) is 10.2 Å². The summed E-state index contributed by atoms with van der Waals surface area (Å²) in [5, 5.41) is 2.78. The van der Waals surface area contributed by atoms with Crippen LogP contribution in [0.1, 0.15) is 13.8 Å². The van der Waals surface area contributed by atoms with E-state index in [1.807, 2.05) is 22.6 Å². The topological polar surface area (TPSA) is 74.5 Å². The quantitative estimate of drug-likeness (QED) is 0.685. The molecule has 26 heavy (non-hydrogen) atoms. The summed E-state index contributed by atoms with van der Waals surface area (Å²) in [7, 11) is 1.57. The van der Waals surface area contributed by atoms with E-state index in [0.717, 1.165) is 9.13 Å². The van der Waals surface area contributed by atoms with Crippen molar-refractivity contribution in [1.82, 2.24) is 9.13 Å². The van der Waals surface area contributed by atoms with E-state index in [0.29, 0.717) is 3.57 Å². The Morgan fingerprint density at radius 2 is 2.08 bits per heavy atom. The van der Waals surface area contributed by atoms with Gasteiger partial charge in [0, 0.05) is 16.7 Å². The van der Waals surface area contributed by atoms with Crippen molar-refractivity contribution < 1.29 is 13.9 Å². The average molecular weight is 475 g/mol. The molecule has 140 valence electrons. The van der Waals surface area contributed by atoms with E-state index < -0.39 is 29.0 Å². The number of hydrogen-bond donors (Lipinski definition) is 1. The van der Waals surface area contributed by atoms with Crippen LogP contribution in [0.3, 0.4) is 0 Å². The Balaban J connectivity index is 2.10. The number of halogens is 2. The molecule has 1 aromatic heterocycles. The minimum atomic E-state index is -0.763. The number of rotatable bonds is 4. The summed E-state index contributed by atoms with van der Waals surface area (Å²) in [6.45, 7) is 3.82. The minimum absolute atomic E-state index is 0.0249. The second kappa shape index (κ2) is 7.12. The number of benzene rings is 1. The fraction of sp³-hybridized carbons (Fsp3) is 0.412. The normalized spacial score (nSPS) is 18.9. The van der Waals surface area contributed by atoms with Gasteiger partial charge in [-0.2, -0.15) is 0 Å². The molecule has 0 aliphatic carbocycles. The van der Waals surface area contributed by atoms with E-state index in [1.165, 1.54) is 18.2 Å². The lowest BCUT2D eigenvalue weighted by atomic mass is 10.3. The highest BCUT2D eigenvalue weighted by atomic mass is 127. The minimum Gasteiger partial charge on any atom is -0.374 e. The molecule has 0 unspecified atom stereocenters. The van der Waals surface area contributed by atoms with Crippen molar-refractivity contribution >= 4 is 28.4 Å². The van der Waals surface area contributed by atoms with Crippen LogP contribution in [-0.2, 0) is 16.0 Å². The number of aromatic nitrogens is 2. The third-order valence-corrected chi connectivity index (χ3v) is 4.72. The predicted octanol–water partition coefficient (Wildman–Crippen LogP) is 1.94. The Bertz CT molecular complexity index is 954. The zero-order chi connectivity index (χ0) is 19.1. The zero-order valence-corrected chi connectivity index (χ0v) is 16.7. The van der Waals surface area contributed by atoms with Crippen LogP contribution in [0.15, 0.2) is 33.9 Å². The third-order valence-electron chi connectivity index (χ3n) is 4.05. The molecule has 1 aliphatic heterocycles. The van der Waals surface area contributed by atoms with Crippen molar-refractivity contribution in [2.75, 3.05) is 19.0 Å². The van der Waals surface area contributed by atoms with Crippen molar-refractivity contribution in [2.24, 2.45) is 0 Å². The van der Waals surface area contributed by atoms with E-state index in [2.05, 4.69) is 5.32 Å². The molecule has 0 amide bonds. The van der Waals surface area contributed by atoms with Crippen molar-refractivity contribution in [3.63, 3.8) is 0 Å². The van der Waals surface area contributed by atoms with E-state index in [9.17, 15) is 14.0 Å². The Hall–Kier alpha value is -1.72. The number of ether oxygens (including phenoxy) is 2. The van der Waals surface area contributed by atoms with Crippen LogP contribution < -0.4 is 16.6 Å². The number of nitrogens with zero attached hydrogens (tertiary/aromatic N) is 2. The molecule has 2 aromatic rings. The predicted molar refractivity (Wildman–Crippen MR) is 103 cm³/mol. The first-order chi connectivity index (χ1) is 12.2. The summed E-state index contributed by atoms with van der Waals surface area (Å²) in [5.74, 6) is -1.11. The smallest absolute Gasteiger partial charge is 0.337 e. The van der Waals surface area contributed by atoms with Gasteiger partial charge < -0.3 is 14.8 Å². The lowest BCUT2D eigenvalue weighted by Gasteiger charge is -2.19. The Morgan fingerprint density at radius 1 is 1.35 bits per heavy atom. The van der Waals surface area contributed by atoms with Crippen LogP contribution in [0.2, 0.25) is 0 Å². The maximum atomic E-state index is 14.4. The van der Waals surface area contributed by atoms with Gasteiger partial charge in [-0.1, -0.05) is 0 Å². The van der Waals surface area contributed by atoms with Gasteiger partial charge in [-0.25, -0.2) is 13.8 Å². The van der Waals surface area contributed by atoms with Crippen molar-refractivity contribution in [3.8, 4) is 5.69 Å². The first-order valence-corrected chi connectivity index (χ1v) is 9.11. The van der Waals surface area contributed by atoms with Crippen molar-refractivity contribution in [1.29, 1.82) is 0 Å². The van der Waals surface area contributed by atoms with Crippen LogP contribution in [0.25, 0.3) is 5.69 Å². The summed E-state index contributed by atoms with van der Waals surface area (Å²) >= 11 is 1.99. The molecule has 1 fully saturated rings. The van der Waals surface area contributed by atoms with Gasteiger partial charge >= 0.3 is 5.69 Å². The first-order valence-electron chi connectivity index (χ1n) is 8.03. The number of anilines is 1. The first kappa shape index (κ1) is 19.1. The molecular formula is C17H19FIN3O4. The van der Waals surface area contributed by atoms with Crippen LogP contribution in [0, 0.1) is 9.39 Å². The Morgan fingerprint density at radius 3 is 2.65 bits per heavy atom. The molecule has 1 N–H and O–H groups in total. The highest BCUT2D eigenvalue weighted by Crippen LogP contribution is 2.23. The van der Waals surface area contributed by atoms with Crippen molar-refractivity contribution in [2.45, 2.75) is 32.3 Å². The van der Waals surface area contributed by atoms with Gasteiger partial charge in [-0.15, -0.1) is 0 Å². The largest absolute Gasteiger partial charge is 0.374 e. The molecule has 2 heterocycles. The zero-order valence-electron chi connectivity index (χ0n) is 14.6. The lowest BCUT2D eigenvalue weighted by Crippen LogP contribution is -2.43. The maximum absolute atomic E-state index is 14.4. The van der Waals surface area contributed by atoms with Crippen LogP contribution in [-0.4, -0.2) is 34.7 Å². The standard InChI is InChI=1S/C17H19FIN3O4/c1-17(2)25-9-11(26-17)8-21-15(23)7-14(20-3)22(16(21)24)13-5-4-10(19)6-12(13)18/h4-7,11,20H,8-9H2,1-3H3/t11-/m1/s1. The monoisotopic (exact) mass is 475 g/mol. The van der Waals surface area contributed by atoms with E-state index in [-0.39, 0.29) is 24.7 Å². The molecule has 1 saturated heterocycles. The molecule has 0 spiro atoms. The van der Waals surface area contributed by atoms with Gasteiger partial charge in [0.2, 0.25) is 0 Å². The van der Waals surface area contributed by atoms with E-state index in [1.54, 1.807) is 27.0 Å². The molecule has 3 rings (SSSR count). The molecule has 0 bridgehead atoms. The van der Waals surface area contributed by atoms with E-state index >= 15 is 0 Å². The summed E-state index contributed by atoms with van der Waals surface area (Å²) in [6.07, 6.45) is -0.439. The number of nitrogens with one attached hydrogen (secondary N) is 1. The molecule has 9 heteroatoms. The molecule has 7 nitrogen and oxygen atoms in total. The van der Waals surface area contributed by atoms with Gasteiger partial charge in [0.05, 0.1) is 18.8 Å². The second-order valence-electron chi connectivity index (χ2n) is 6.39. The number of hydrogen-bond acceptors (Lipinski definition) is 5. The lowest BCUT2D eigenvalue weighted by molar-refractivity contribution is -0.139. The second-order valence-corrected chi connectivity index (χ2v) is 7.64. The Kier molecular flexibility index (Phi) is 5.22. The highest BCUT2D eigenvalue weighted by Gasteiger charge is 2.33. The average Bonchev–Trinajstić information content (AvgIpc) is 2.91. The fourth-order valence-electron chi connectivity index (χ4n) is 2.88. The van der Waals surface area contributed by atoms with Crippen LogP contribution >= 0.6 is 22.6 Å². The molecule has 1 atom stereocenters. The third kappa shape index (κ3) is 3.69. The van der Waals surface area contributed by atoms with Crippen molar-refractivity contribution in [3.05, 3.63) is 54.5 Å². The highest BCUT2D eigenvalue weighted by molar-refractivity contribution is 14.1. The van der Waals surface area contributed by atoms with Crippen LogP contribution in [0.5, 0.6) is 0 Å². The van der Waals surface area contributed by atoms with Gasteiger partial charge in [0.15, 0.2) is 5.79 Å². The van der Waals surface area contributed by atoms with Gasteiger partial charge in [-0.05, 0) is 54.6 Å². The summed E-state index contributed by atoms with van der Waals surface area (Å²) < 4.78 is 28.5. The van der Waals surface area contributed by atoms with Gasteiger partial charge in [-0.3, -0.25) is 9.36 Å². The molecule has 1 aliphatic rings. The SMILES string of the molecule is CNc1cc(=O)n(C[C@@H]2COC(C)(C)O2)c(=O)n1-c1ccc(I)cc1F. The van der Waals surface area contributed by atoms with E-state index in [4.69, 9.17) is 9.47 Å². The maximum Gasteiger partial charge on any atom is 0.337 e. The fourth-order valence-corrected chi connectivity index (χ4v) is 3.33. The molecular weight excluding hydrogens is 456 g/mol.